The third-order valence-electron chi connectivity index (χ3n) is 4.56. The van der Waals surface area contributed by atoms with Crippen molar-refractivity contribution in [3.05, 3.63) is 42.0 Å². The molecule has 0 aromatic heterocycles. The minimum absolute atomic E-state index is 0.0483. The van der Waals surface area contributed by atoms with E-state index in [1.807, 2.05) is 18.2 Å². The number of nitrogens with one attached hydrogen (secondary N) is 1. The maximum Gasteiger partial charge on any atom is 0.248 e. The first-order valence-electron chi connectivity index (χ1n) is 7.50. The lowest BCUT2D eigenvalue weighted by atomic mass is 9.78. The molecule has 3 rings (SSSR count). The van der Waals surface area contributed by atoms with E-state index < -0.39 is 5.92 Å². The summed E-state index contributed by atoms with van der Waals surface area (Å²) in [6.07, 6.45) is 4.75. The summed E-state index contributed by atoms with van der Waals surface area (Å²) < 4.78 is 27.2. The summed E-state index contributed by atoms with van der Waals surface area (Å²) in [5.74, 6) is -2.36. The van der Waals surface area contributed by atoms with Crippen LogP contribution in [0.2, 0.25) is 0 Å². The topological polar surface area (TPSA) is 12.0 Å². The summed E-state index contributed by atoms with van der Waals surface area (Å²) in [7, 11) is 0. The average molecular weight is 277 g/mol. The van der Waals surface area contributed by atoms with Gasteiger partial charge in [-0.15, -0.1) is 0 Å². The van der Waals surface area contributed by atoms with Gasteiger partial charge in [0.15, 0.2) is 0 Å². The Labute approximate surface area is 119 Å². The maximum absolute atomic E-state index is 13.6. The van der Waals surface area contributed by atoms with E-state index in [-0.39, 0.29) is 24.8 Å². The third-order valence-corrected chi connectivity index (χ3v) is 4.56. The van der Waals surface area contributed by atoms with E-state index in [2.05, 4.69) is 23.5 Å². The Hall–Kier alpha value is -1.22. The van der Waals surface area contributed by atoms with Crippen molar-refractivity contribution in [2.45, 2.75) is 44.1 Å². The predicted molar refractivity (Wildman–Crippen MR) is 77.7 cm³/mol. The lowest BCUT2D eigenvalue weighted by Crippen LogP contribution is -2.43. The Morgan fingerprint density at radius 1 is 1.15 bits per heavy atom. The molecule has 1 N–H and O–H groups in total. The molecule has 1 aliphatic heterocycles. The largest absolute Gasteiger partial charge is 0.310 e. The Bertz CT molecular complexity index is 481. The molecule has 0 amide bonds. The van der Waals surface area contributed by atoms with Gasteiger partial charge >= 0.3 is 0 Å². The summed E-state index contributed by atoms with van der Waals surface area (Å²) in [6.45, 7) is 0.789. The first kappa shape index (κ1) is 13.7. The number of alkyl halides is 2. The van der Waals surface area contributed by atoms with Crippen molar-refractivity contribution < 1.29 is 8.78 Å². The van der Waals surface area contributed by atoms with E-state index in [0.717, 1.165) is 19.4 Å². The van der Waals surface area contributed by atoms with Crippen LogP contribution < -0.4 is 5.32 Å². The Kier molecular flexibility index (Phi) is 3.88. The van der Waals surface area contributed by atoms with Gasteiger partial charge in [0.25, 0.3) is 0 Å². The minimum atomic E-state index is -2.46. The van der Waals surface area contributed by atoms with Crippen LogP contribution in [0.1, 0.15) is 37.7 Å². The molecule has 1 saturated carbocycles. The van der Waals surface area contributed by atoms with Gasteiger partial charge in [0.05, 0.1) is 0 Å². The molecule has 1 aromatic rings. The lowest BCUT2D eigenvalue weighted by Gasteiger charge is -2.37. The van der Waals surface area contributed by atoms with E-state index in [1.54, 1.807) is 0 Å². The van der Waals surface area contributed by atoms with Crippen LogP contribution in [0.3, 0.4) is 0 Å². The van der Waals surface area contributed by atoms with E-state index in [0.29, 0.717) is 6.42 Å². The van der Waals surface area contributed by atoms with Crippen molar-refractivity contribution in [1.29, 1.82) is 0 Å². The van der Waals surface area contributed by atoms with E-state index in [4.69, 9.17) is 0 Å². The van der Waals surface area contributed by atoms with E-state index in [1.165, 1.54) is 11.1 Å². The van der Waals surface area contributed by atoms with Gasteiger partial charge in [0, 0.05) is 25.4 Å². The second-order valence-electron chi connectivity index (χ2n) is 6.03. The Morgan fingerprint density at radius 3 is 2.70 bits per heavy atom. The van der Waals surface area contributed by atoms with Crippen LogP contribution in [0.25, 0.3) is 5.57 Å². The van der Waals surface area contributed by atoms with Crippen molar-refractivity contribution in [2.24, 2.45) is 5.92 Å². The number of hydrogen-bond acceptors (Lipinski definition) is 1. The van der Waals surface area contributed by atoms with Crippen molar-refractivity contribution in [2.75, 3.05) is 6.54 Å². The molecule has 0 saturated heterocycles. The minimum Gasteiger partial charge on any atom is -0.310 e. The molecule has 3 heteroatoms. The molecular formula is C17H21F2N. The predicted octanol–water partition coefficient (Wildman–Crippen LogP) is 4.26. The molecule has 1 fully saturated rings. The summed E-state index contributed by atoms with van der Waals surface area (Å²) in [4.78, 5) is 0. The Balaban J connectivity index is 1.70. The highest BCUT2D eigenvalue weighted by Crippen LogP contribution is 2.40. The molecule has 108 valence electrons. The highest BCUT2D eigenvalue weighted by Gasteiger charge is 2.39. The molecule has 0 spiro atoms. The van der Waals surface area contributed by atoms with Gasteiger partial charge in [-0.3, -0.25) is 0 Å². The molecule has 2 aliphatic rings. The van der Waals surface area contributed by atoms with Crippen LogP contribution in [0.15, 0.2) is 36.4 Å². The molecule has 1 heterocycles. The van der Waals surface area contributed by atoms with Crippen molar-refractivity contribution >= 4 is 5.57 Å². The van der Waals surface area contributed by atoms with Gasteiger partial charge < -0.3 is 5.32 Å². The van der Waals surface area contributed by atoms with Crippen molar-refractivity contribution in [3.63, 3.8) is 0 Å². The third kappa shape index (κ3) is 3.09. The van der Waals surface area contributed by atoms with Gasteiger partial charge in [0.2, 0.25) is 5.92 Å². The van der Waals surface area contributed by atoms with Crippen LogP contribution in [0.5, 0.6) is 0 Å². The molecular weight excluding hydrogens is 256 g/mol. The van der Waals surface area contributed by atoms with Crippen molar-refractivity contribution in [1.82, 2.24) is 5.32 Å². The van der Waals surface area contributed by atoms with Crippen LogP contribution in [-0.2, 0) is 0 Å². The quantitative estimate of drug-likeness (QED) is 0.851. The van der Waals surface area contributed by atoms with E-state index in [9.17, 15) is 8.78 Å². The molecule has 0 bridgehead atoms. The van der Waals surface area contributed by atoms with Crippen LogP contribution in [0.4, 0.5) is 8.78 Å². The molecule has 0 radical (unpaired) electrons. The SMILES string of the molecule is FC1(F)CCC[C@H]([C@@H]2CC(c3ccccc3)=CCN2)C1. The zero-order valence-corrected chi connectivity index (χ0v) is 11.6. The fourth-order valence-electron chi connectivity index (χ4n) is 3.50. The monoisotopic (exact) mass is 277 g/mol. The maximum atomic E-state index is 13.6. The molecule has 1 aliphatic carbocycles. The van der Waals surface area contributed by atoms with Crippen LogP contribution >= 0.6 is 0 Å². The standard InChI is InChI=1S/C17H21F2N/c18-17(19)9-4-7-15(12-17)16-11-14(8-10-20-16)13-5-2-1-3-6-13/h1-3,5-6,8,15-16,20H,4,7,9-12H2/t15-,16-/m0/s1. The summed E-state index contributed by atoms with van der Waals surface area (Å²) in [5, 5.41) is 3.42. The molecule has 2 atom stereocenters. The average Bonchev–Trinajstić information content (AvgIpc) is 2.47. The first-order valence-corrected chi connectivity index (χ1v) is 7.50. The van der Waals surface area contributed by atoms with E-state index >= 15 is 0 Å². The lowest BCUT2D eigenvalue weighted by molar-refractivity contribution is -0.0578. The Morgan fingerprint density at radius 2 is 1.95 bits per heavy atom. The second-order valence-corrected chi connectivity index (χ2v) is 6.03. The number of halogens is 2. The first-order chi connectivity index (χ1) is 9.64. The highest BCUT2D eigenvalue weighted by molar-refractivity contribution is 5.66. The zero-order chi connectivity index (χ0) is 14.0. The van der Waals surface area contributed by atoms with Gasteiger partial charge in [-0.1, -0.05) is 36.4 Å². The zero-order valence-electron chi connectivity index (χ0n) is 11.6. The fraction of sp³-hybridized carbons (Fsp3) is 0.529. The molecule has 1 nitrogen and oxygen atoms in total. The molecule has 0 unspecified atom stereocenters. The van der Waals surface area contributed by atoms with Crippen LogP contribution in [-0.4, -0.2) is 18.5 Å². The van der Waals surface area contributed by atoms with Crippen LogP contribution in [0, 0.1) is 5.92 Å². The van der Waals surface area contributed by atoms with Gasteiger partial charge in [-0.2, -0.15) is 0 Å². The molecule has 20 heavy (non-hydrogen) atoms. The number of hydrogen-bond donors (Lipinski definition) is 1. The fourth-order valence-corrected chi connectivity index (χ4v) is 3.50. The van der Waals surface area contributed by atoms with Crippen molar-refractivity contribution in [3.8, 4) is 0 Å². The number of rotatable bonds is 2. The summed E-state index contributed by atoms with van der Waals surface area (Å²) in [5.41, 5.74) is 2.52. The van der Waals surface area contributed by atoms with Gasteiger partial charge in [-0.05, 0) is 36.3 Å². The summed E-state index contributed by atoms with van der Waals surface area (Å²) >= 11 is 0. The second kappa shape index (κ2) is 5.65. The normalized spacial score (nSPS) is 29.8. The highest BCUT2D eigenvalue weighted by atomic mass is 19.3. The number of benzene rings is 1. The summed E-state index contributed by atoms with van der Waals surface area (Å²) in [6, 6.07) is 10.5. The molecule has 1 aromatic carbocycles. The smallest absolute Gasteiger partial charge is 0.248 e. The van der Waals surface area contributed by atoms with Gasteiger partial charge in [-0.25, -0.2) is 8.78 Å². The van der Waals surface area contributed by atoms with Gasteiger partial charge in [0.1, 0.15) is 0 Å².